The monoisotopic (exact) mass is 193 g/mol. The Morgan fingerprint density at radius 2 is 1.93 bits per heavy atom. The van der Waals surface area contributed by atoms with Crippen LogP contribution in [0.4, 0.5) is 5.82 Å². The fraction of sp³-hybridized carbons (Fsp3) is 0.727. The van der Waals surface area contributed by atoms with E-state index in [1.54, 1.807) is 4.68 Å². The van der Waals surface area contributed by atoms with E-state index < -0.39 is 0 Å². The van der Waals surface area contributed by atoms with Crippen molar-refractivity contribution in [3.63, 3.8) is 0 Å². The highest BCUT2D eigenvalue weighted by Crippen LogP contribution is 2.33. The van der Waals surface area contributed by atoms with E-state index in [-0.39, 0.29) is 0 Å². The number of hydrogen-bond donors (Lipinski definition) is 1. The first-order valence-corrected chi connectivity index (χ1v) is 5.56. The van der Waals surface area contributed by atoms with Gasteiger partial charge in [0.05, 0.1) is 6.20 Å². The Labute approximate surface area is 85.3 Å². The molecule has 0 aromatic carbocycles. The first kappa shape index (κ1) is 9.56. The van der Waals surface area contributed by atoms with Crippen molar-refractivity contribution in [2.75, 3.05) is 5.73 Å². The van der Waals surface area contributed by atoms with Gasteiger partial charge in [0.15, 0.2) is 0 Å². The molecule has 78 valence electrons. The van der Waals surface area contributed by atoms with Crippen LogP contribution in [0.15, 0.2) is 6.20 Å². The number of hydrogen-bond acceptors (Lipinski definition) is 2. The summed E-state index contributed by atoms with van der Waals surface area (Å²) in [6.07, 6.45) is 9.99. The largest absolute Gasteiger partial charge is 0.384 e. The minimum atomic E-state index is 0.659. The number of nitrogens with two attached hydrogens (primary N) is 1. The Kier molecular flexibility index (Phi) is 2.75. The second kappa shape index (κ2) is 4.03. The van der Waals surface area contributed by atoms with Crippen LogP contribution in [-0.4, -0.2) is 9.78 Å². The zero-order valence-corrected chi connectivity index (χ0v) is 8.87. The van der Waals surface area contributed by atoms with Crippen molar-refractivity contribution in [3.8, 4) is 0 Å². The number of aryl methyl sites for hydroxylation is 1. The molecule has 1 fully saturated rings. The van der Waals surface area contributed by atoms with E-state index in [1.807, 2.05) is 13.2 Å². The molecule has 2 rings (SSSR count). The molecule has 0 radical (unpaired) electrons. The Morgan fingerprint density at radius 1 is 1.29 bits per heavy atom. The number of anilines is 1. The molecule has 3 nitrogen and oxygen atoms in total. The van der Waals surface area contributed by atoms with E-state index in [2.05, 4.69) is 5.10 Å². The van der Waals surface area contributed by atoms with Gasteiger partial charge < -0.3 is 5.73 Å². The molecule has 3 heteroatoms. The van der Waals surface area contributed by atoms with Gasteiger partial charge in [0, 0.05) is 12.6 Å². The molecule has 1 aliphatic carbocycles. The molecule has 0 atom stereocenters. The van der Waals surface area contributed by atoms with Gasteiger partial charge in [-0.05, 0) is 18.8 Å². The van der Waals surface area contributed by atoms with E-state index >= 15 is 0 Å². The molecule has 0 bridgehead atoms. The Balaban J connectivity index is 2.16. The number of nitrogen functional groups attached to an aromatic ring is 1. The van der Waals surface area contributed by atoms with Crippen LogP contribution in [0.25, 0.3) is 0 Å². The SMILES string of the molecule is Cn1ncc(C2CCCCCC2)c1N. The average Bonchev–Trinajstić information content (AvgIpc) is 2.47. The summed E-state index contributed by atoms with van der Waals surface area (Å²) < 4.78 is 1.78. The van der Waals surface area contributed by atoms with Gasteiger partial charge in [-0.1, -0.05) is 25.7 Å². The smallest absolute Gasteiger partial charge is 0.124 e. The van der Waals surface area contributed by atoms with E-state index in [9.17, 15) is 0 Å². The number of aromatic nitrogens is 2. The summed E-state index contributed by atoms with van der Waals surface area (Å²) in [7, 11) is 1.91. The van der Waals surface area contributed by atoms with E-state index in [0.29, 0.717) is 5.92 Å². The van der Waals surface area contributed by atoms with Gasteiger partial charge in [0.1, 0.15) is 5.82 Å². The normalized spacial score (nSPS) is 19.5. The van der Waals surface area contributed by atoms with Crippen molar-refractivity contribution in [3.05, 3.63) is 11.8 Å². The van der Waals surface area contributed by atoms with Crippen LogP contribution in [0.5, 0.6) is 0 Å². The van der Waals surface area contributed by atoms with Crippen LogP contribution in [0.3, 0.4) is 0 Å². The van der Waals surface area contributed by atoms with Crippen LogP contribution in [0.1, 0.15) is 50.0 Å². The number of nitrogens with zero attached hydrogens (tertiary/aromatic N) is 2. The molecule has 2 N–H and O–H groups in total. The van der Waals surface area contributed by atoms with E-state index in [1.165, 1.54) is 44.1 Å². The van der Waals surface area contributed by atoms with Crippen LogP contribution < -0.4 is 5.73 Å². The van der Waals surface area contributed by atoms with Gasteiger partial charge in [0.25, 0.3) is 0 Å². The van der Waals surface area contributed by atoms with Gasteiger partial charge in [-0.25, -0.2) is 0 Å². The lowest BCUT2D eigenvalue weighted by Gasteiger charge is -2.12. The van der Waals surface area contributed by atoms with Crippen molar-refractivity contribution >= 4 is 5.82 Å². The predicted molar refractivity (Wildman–Crippen MR) is 58.1 cm³/mol. The molecule has 0 unspecified atom stereocenters. The lowest BCUT2D eigenvalue weighted by atomic mass is 9.94. The topological polar surface area (TPSA) is 43.8 Å². The van der Waals surface area contributed by atoms with Crippen LogP contribution in [0, 0.1) is 0 Å². The standard InChI is InChI=1S/C11H19N3/c1-14-11(12)10(8-13-14)9-6-4-2-3-5-7-9/h8-9H,2-7,12H2,1H3. The minimum absolute atomic E-state index is 0.659. The third kappa shape index (κ3) is 1.76. The highest BCUT2D eigenvalue weighted by Gasteiger charge is 2.18. The van der Waals surface area contributed by atoms with Gasteiger partial charge in [-0.2, -0.15) is 5.10 Å². The summed E-state index contributed by atoms with van der Waals surface area (Å²) in [6.45, 7) is 0. The van der Waals surface area contributed by atoms with Gasteiger partial charge in [-0.3, -0.25) is 4.68 Å². The van der Waals surface area contributed by atoms with Crippen LogP contribution in [0.2, 0.25) is 0 Å². The molecule has 1 saturated carbocycles. The molecule has 1 heterocycles. The number of rotatable bonds is 1. The maximum atomic E-state index is 5.98. The van der Waals surface area contributed by atoms with Crippen molar-refractivity contribution in [1.29, 1.82) is 0 Å². The van der Waals surface area contributed by atoms with Crippen molar-refractivity contribution < 1.29 is 0 Å². The molecule has 14 heavy (non-hydrogen) atoms. The second-order valence-electron chi connectivity index (χ2n) is 4.30. The molecule has 0 amide bonds. The molecule has 0 spiro atoms. The minimum Gasteiger partial charge on any atom is -0.384 e. The molecule has 1 aromatic heterocycles. The highest BCUT2D eigenvalue weighted by atomic mass is 15.3. The van der Waals surface area contributed by atoms with E-state index in [4.69, 9.17) is 5.73 Å². The third-order valence-corrected chi connectivity index (χ3v) is 3.31. The summed E-state index contributed by atoms with van der Waals surface area (Å²) in [5, 5.41) is 4.21. The first-order chi connectivity index (χ1) is 6.79. The zero-order valence-electron chi connectivity index (χ0n) is 8.87. The highest BCUT2D eigenvalue weighted by molar-refractivity contribution is 5.41. The third-order valence-electron chi connectivity index (χ3n) is 3.31. The van der Waals surface area contributed by atoms with Gasteiger partial charge in [0.2, 0.25) is 0 Å². The van der Waals surface area contributed by atoms with Crippen LogP contribution in [-0.2, 0) is 7.05 Å². The van der Waals surface area contributed by atoms with Gasteiger partial charge in [-0.15, -0.1) is 0 Å². The Morgan fingerprint density at radius 3 is 2.43 bits per heavy atom. The van der Waals surface area contributed by atoms with Crippen molar-refractivity contribution in [1.82, 2.24) is 9.78 Å². The molecular formula is C11H19N3. The summed E-state index contributed by atoms with van der Waals surface area (Å²) >= 11 is 0. The van der Waals surface area contributed by atoms with Crippen LogP contribution >= 0.6 is 0 Å². The van der Waals surface area contributed by atoms with E-state index in [0.717, 1.165) is 5.82 Å². The van der Waals surface area contributed by atoms with Crippen molar-refractivity contribution in [2.24, 2.45) is 7.05 Å². The molecule has 0 saturated heterocycles. The summed E-state index contributed by atoms with van der Waals surface area (Å²) in [5.74, 6) is 1.52. The van der Waals surface area contributed by atoms with Gasteiger partial charge >= 0.3 is 0 Å². The zero-order chi connectivity index (χ0) is 9.97. The Bertz CT molecular complexity index is 295. The lowest BCUT2D eigenvalue weighted by molar-refractivity contribution is 0.594. The second-order valence-corrected chi connectivity index (χ2v) is 4.30. The maximum absolute atomic E-state index is 5.98. The molecule has 1 aromatic rings. The summed E-state index contributed by atoms with van der Waals surface area (Å²) in [4.78, 5) is 0. The fourth-order valence-electron chi connectivity index (χ4n) is 2.37. The predicted octanol–water partition coefficient (Wildman–Crippen LogP) is 2.44. The summed E-state index contributed by atoms with van der Waals surface area (Å²) in [6, 6.07) is 0. The molecule has 0 aliphatic heterocycles. The Hall–Kier alpha value is -0.990. The van der Waals surface area contributed by atoms with Crippen molar-refractivity contribution in [2.45, 2.75) is 44.4 Å². The maximum Gasteiger partial charge on any atom is 0.124 e. The molecular weight excluding hydrogens is 174 g/mol. The molecule has 1 aliphatic rings. The summed E-state index contributed by atoms with van der Waals surface area (Å²) in [5.41, 5.74) is 7.26. The lowest BCUT2D eigenvalue weighted by Crippen LogP contribution is -2.03. The average molecular weight is 193 g/mol. The first-order valence-electron chi connectivity index (χ1n) is 5.56. The fourth-order valence-corrected chi connectivity index (χ4v) is 2.37. The quantitative estimate of drug-likeness (QED) is 0.696.